The minimum absolute atomic E-state index is 0.0281. The van der Waals surface area contributed by atoms with E-state index >= 15 is 0 Å². The van der Waals surface area contributed by atoms with Crippen molar-refractivity contribution in [3.63, 3.8) is 0 Å². The Morgan fingerprint density at radius 2 is 1.71 bits per heavy atom. The van der Waals surface area contributed by atoms with Crippen LogP contribution in [0, 0.1) is 0 Å². The Morgan fingerprint density at radius 1 is 1.10 bits per heavy atom. The first kappa shape index (κ1) is 14.8. The fraction of sp³-hybridized carbons (Fsp3) is 0.250. The van der Waals surface area contributed by atoms with E-state index in [4.69, 9.17) is 4.74 Å². The highest BCUT2D eigenvalue weighted by Crippen LogP contribution is 2.07. The molecule has 0 fully saturated rings. The van der Waals surface area contributed by atoms with Gasteiger partial charge in [-0.1, -0.05) is 19.1 Å². The number of aromatic nitrogens is 2. The van der Waals surface area contributed by atoms with Crippen LogP contribution in [0.15, 0.2) is 49.1 Å². The van der Waals surface area contributed by atoms with Crippen molar-refractivity contribution in [2.45, 2.75) is 19.9 Å². The third-order valence-corrected chi connectivity index (χ3v) is 2.89. The van der Waals surface area contributed by atoms with E-state index in [0.29, 0.717) is 17.7 Å². The highest BCUT2D eigenvalue weighted by molar-refractivity contribution is 5.96. The number of benzene rings is 1. The number of carbonyl (C=O) groups excluding carboxylic acids is 2. The monoisotopic (exact) mass is 285 g/mol. The largest absolute Gasteiger partial charge is 0.462 e. The number of carbonyl (C=O) groups is 2. The van der Waals surface area contributed by atoms with Crippen molar-refractivity contribution in [2.24, 2.45) is 0 Å². The summed E-state index contributed by atoms with van der Waals surface area (Å²) >= 11 is 0. The van der Waals surface area contributed by atoms with E-state index in [0.717, 1.165) is 6.42 Å². The molecular formula is C16H17N2O3+. The van der Waals surface area contributed by atoms with Crippen LogP contribution in [-0.4, -0.2) is 23.3 Å². The quantitative estimate of drug-likeness (QED) is 0.461. The molecule has 1 aromatic heterocycles. The molecule has 1 heterocycles. The zero-order valence-electron chi connectivity index (χ0n) is 11.9. The van der Waals surface area contributed by atoms with Crippen LogP contribution in [0.5, 0.6) is 0 Å². The maximum absolute atomic E-state index is 12.1. The van der Waals surface area contributed by atoms with Gasteiger partial charge in [0.2, 0.25) is 12.3 Å². The van der Waals surface area contributed by atoms with Crippen LogP contribution in [0.1, 0.15) is 34.1 Å². The molecule has 2 rings (SSSR count). The maximum Gasteiger partial charge on any atom is 0.338 e. The summed E-state index contributed by atoms with van der Waals surface area (Å²) in [5, 5.41) is 0. The molecular weight excluding hydrogens is 268 g/mol. The first-order chi connectivity index (χ1) is 10.2. The average Bonchev–Trinajstić information content (AvgIpc) is 2.53. The van der Waals surface area contributed by atoms with Gasteiger partial charge >= 0.3 is 5.97 Å². The highest BCUT2D eigenvalue weighted by atomic mass is 16.5. The summed E-state index contributed by atoms with van der Waals surface area (Å²) in [6, 6.07) is 6.52. The van der Waals surface area contributed by atoms with E-state index in [2.05, 4.69) is 4.98 Å². The van der Waals surface area contributed by atoms with Gasteiger partial charge in [-0.2, -0.15) is 4.57 Å². The second kappa shape index (κ2) is 7.28. The van der Waals surface area contributed by atoms with E-state index in [1.165, 1.54) is 0 Å². The van der Waals surface area contributed by atoms with Crippen molar-refractivity contribution in [2.75, 3.05) is 6.61 Å². The normalized spacial score (nSPS) is 10.1. The zero-order valence-corrected chi connectivity index (χ0v) is 11.9. The molecule has 0 atom stereocenters. The van der Waals surface area contributed by atoms with Crippen molar-refractivity contribution in [1.29, 1.82) is 0 Å². The summed E-state index contributed by atoms with van der Waals surface area (Å²) in [7, 11) is 0. The standard InChI is InChI=1S/C16H17N2O3/c1-2-11-21-16(20)14-5-3-13(4-6-14)15(19)12-18-9-7-17-8-10-18/h3-10H,2,11-12H2,1H3/q+1. The lowest BCUT2D eigenvalue weighted by molar-refractivity contribution is -0.683. The summed E-state index contributed by atoms with van der Waals surface area (Å²) in [6.45, 7) is 2.58. The Labute approximate surface area is 123 Å². The zero-order chi connectivity index (χ0) is 15.1. The summed E-state index contributed by atoms with van der Waals surface area (Å²) in [5.74, 6) is -0.390. The van der Waals surface area contributed by atoms with Crippen molar-refractivity contribution in [1.82, 2.24) is 4.98 Å². The Balaban J connectivity index is 2.01. The lowest BCUT2D eigenvalue weighted by Crippen LogP contribution is -2.37. The molecule has 0 bridgehead atoms. The van der Waals surface area contributed by atoms with E-state index in [1.807, 2.05) is 6.92 Å². The number of ether oxygens (including phenoxy) is 1. The van der Waals surface area contributed by atoms with Gasteiger partial charge in [0.05, 0.1) is 24.6 Å². The number of hydrogen-bond donors (Lipinski definition) is 0. The summed E-state index contributed by atoms with van der Waals surface area (Å²) < 4.78 is 6.79. The fourth-order valence-electron chi connectivity index (χ4n) is 1.78. The molecule has 0 N–H and O–H groups in total. The third kappa shape index (κ3) is 4.21. The minimum Gasteiger partial charge on any atom is -0.462 e. The van der Waals surface area contributed by atoms with Crippen molar-refractivity contribution >= 4 is 11.8 Å². The molecule has 0 amide bonds. The number of hydrogen-bond acceptors (Lipinski definition) is 4. The molecule has 0 aliphatic heterocycles. The molecule has 0 radical (unpaired) electrons. The van der Waals surface area contributed by atoms with E-state index in [1.54, 1.807) is 53.6 Å². The summed E-state index contributed by atoms with van der Waals surface area (Å²) in [6.07, 6.45) is 7.49. The maximum atomic E-state index is 12.1. The van der Waals surface area contributed by atoms with Crippen LogP contribution in [0.3, 0.4) is 0 Å². The average molecular weight is 285 g/mol. The SMILES string of the molecule is CCCOC(=O)c1ccc(C(=O)C[n+]2ccncc2)cc1. The highest BCUT2D eigenvalue weighted by Gasteiger charge is 2.13. The van der Waals surface area contributed by atoms with Gasteiger partial charge in [-0.05, 0) is 18.6 Å². The second-order valence-corrected chi connectivity index (χ2v) is 4.55. The molecule has 5 nitrogen and oxygen atoms in total. The molecule has 21 heavy (non-hydrogen) atoms. The Bertz CT molecular complexity index is 609. The molecule has 0 aliphatic rings. The third-order valence-electron chi connectivity index (χ3n) is 2.89. The second-order valence-electron chi connectivity index (χ2n) is 4.55. The van der Waals surface area contributed by atoms with Crippen LogP contribution in [0.4, 0.5) is 0 Å². The van der Waals surface area contributed by atoms with Crippen LogP contribution in [0.25, 0.3) is 0 Å². The van der Waals surface area contributed by atoms with Gasteiger partial charge in [0.15, 0.2) is 12.4 Å². The van der Waals surface area contributed by atoms with Crippen LogP contribution in [-0.2, 0) is 11.3 Å². The summed E-state index contributed by atoms with van der Waals surface area (Å²) in [5.41, 5.74) is 1.02. The molecule has 0 saturated carbocycles. The molecule has 0 unspecified atom stereocenters. The van der Waals surface area contributed by atoms with Crippen molar-refractivity contribution in [3.8, 4) is 0 Å². The lowest BCUT2D eigenvalue weighted by atomic mass is 10.1. The molecule has 0 saturated heterocycles. The van der Waals surface area contributed by atoms with Gasteiger partial charge in [-0.15, -0.1) is 0 Å². The van der Waals surface area contributed by atoms with Gasteiger partial charge in [-0.25, -0.2) is 4.79 Å². The van der Waals surface area contributed by atoms with Gasteiger partial charge in [0.1, 0.15) is 0 Å². The first-order valence-corrected chi connectivity index (χ1v) is 6.80. The number of Topliss-reactive ketones (excluding diaryl/α,β-unsaturated/α-hetero) is 1. The number of rotatable bonds is 6. The number of nitrogens with zero attached hydrogens (tertiary/aromatic N) is 2. The van der Waals surface area contributed by atoms with Gasteiger partial charge in [0.25, 0.3) is 0 Å². The Hall–Kier alpha value is -2.56. The van der Waals surface area contributed by atoms with Crippen molar-refractivity contribution < 1.29 is 18.9 Å². The first-order valence-electron chi connectivity index (χ1n) is 6.80. The number of esters is 1. The van der Waals surface area contributed by atoms with Gasteiger partial charge in [0, 0.05) is 5.56 Å². The lowest BCUT2D eigenvalue weighted by Gasteiger charge is -2.03. The van der Waals surface area contributed by atoms with Crippen LogP contribution >= 0.6 is 0 Å². The Kier molecular flexibility index (Phi) is 5.15. The predicted octanol–water partition coefficient (Wildman–Crippen LogP) is 1.82. The molecule has 0 spiro atoms. The smallest absolute Gasteiger partial charge is 0.338 e. The summed E-state index contributed by atoms with van der Waals surface area (Å²) in [4.78, 5) is 27.7. The molecule has 5 heteroatoms. The van der Waals surface area contributed by atoms with Crippen molar-refractivity contribution in [3.05, 3.63) is 60.2 Å². The van der Waals surface area contributed by atoms with Crippen LogP contribution < -0.4 is 4.57 Å². The van der Waals surface area contributed by atoms with Gasteiger partial charge < -0.3 is 4.74 Å². The molecule has 108 valence electrons. The van der Waals surface area contributed by atoms with E-state index in [9.17, 15) is 9.59 Å². The topological polar surface area (TPSA) is 60.1 Å². The number of ketones is 1. The van der Waals surface area contributed by atoms with Crippen LogP contribution in [0.2, 0.25) is 0 Å². The van der Waals surface area contributed by atoms with E-state index < -0.39 is 0 Å². The Morgan fingerprint density at radius 3 is 2.33 bits per heavy atom. The molecule has 2 aromatic rings. The minimum atomic E-state index is -0.362. The molecule has 1 aromatic carbocycles. The molecule has 0 aliphatic carbocycles. The fourth-order valence-corrected chi connectivity index (χ4v) is 1.78. The van der Waals surface area contributed by atoms with Gasteiger partial charge in [-0.3, -0.25) is 9.78 Å². The van der Waals surface area contributed by atoms with E-state index in [-0.39, 0.29) is 18.3 Å². The predicted molar refractivity (Wildman–Crippen MR) is 75.8 cm³/mol.